The van der Waals surface area contributed by atoms with Crippen molar-refractivity contribution >= 4 is 5.96 Å². The Hall–Kier alpha value is -2.57. The van der Waals surface area contributed by atoms with Gasteiger partial charge in [0.25, 0.3) is 0 Å². The highest BCUT2D eigenvalue weighted by molar-refractivity contribution is 5.80. The van der Waals surface area contributed by atoms with Gasteiger partial charge in [-0.2, -0.15) is 0 Å². The molecule has 174 valence electrons. The molecule has 1 saturated heterocycles. The molecule has 0 saturated carbocycles. The molecule has 0 atom stereocenters. The molecular weight excluding hydrogens is 400 g/mol. The van der Waals surface area contributed by atoms with E-state index in [-0.39, 0.29) is 0 Å². The number of nitrogens with zero attached hydrogens (tertiary/aromatic N) is 2. The van der Waals surface area contributed by atoms with Crippen LogP contribution in [0.5, 0.6) is 5.75 Å². The zero-order chi connectivity index (χ0) is 22.4. The number of ether oxygens (including phenoxy) is 2. The van der Waals surface area contributed by atoms with Gasteiger partial charge in [-0.3, -0.25) is 9.89 Å². The molecule has 1 aliphatic rings. The zero-order valence-electron chi connectivity index (χ0n) is 19.6. The fourth-order valence-corrected chi connectivity index (χ4v) is 3.86. The van der Waals surface area contributed by atoms with Gasteiger partial charge in [0.2, 0.25) is 0 Å². The van der Waals surface area contributed by atoms with Gasteiger partial charge in [-0.25, -0.2) is 0 Å². The third-order valence-electron chi connectivity index (χ3n) is 5.67. The molecule has 6 nitrogen and oxygen atoms in total. The molecule has 2 N–H and O–H groups in total. The van der Waals surface area contributed by atoms with Crippen LogP contribution in [0, 0.1) is 0 Å². The van der Waals surface area contributed by atoms with Gasteiger partial charge in [0.15, 0.2) is 5.96 Å². The first-order chi connectivity index (χ1) is 15.8. The summed E-state index contributed by atoms with van der Waals surface area (Å²) in [6.45, 7) is 8.32. The van der Waals surface area contributed by atoms with Gasteiger partial charge in [0, 0.05) is 45.4 Å². The lowest BCUT2D eigenvalue weighted by Crippen LogP contribution is -2.48. The Labute approximate surface area is 193 Å². The summed E-state index contributed by atoms with van der Waals surface area (Å²) in [7, 11) is 1.68. The molecule has 2 aromatic rings. The van der Waals surface area contributed by atoms with Crippen molar-refractivity contribution in [3.63, 3.8) is 0 Å². The Morgan fingerprint density at radius 1 is 1.03 bits per heavy atom. The number of nitrogens with one attached hydrogen (secondary N) is 2. The molecule has 1 fully saturated rings. The van der Waals surface area contributed by atoms with Crippen LogP contribution >= 0.6 is 0 Å². The summed E-state index contributed by atoms with van der Waals surface area (Å²) in [4.78, 5) is 7.29. The van der Waals surface area contributed by atoms with Crippen LogP contribution in [0.25, 0.3) is 0 Å². The maximum absolute atomic E-state index is 5.79. The van der Waals surface area contributed by atoms with Gasteiger partial charge in [0.05, 0.1) is 13.7 Å². The molecule has 1 aliphatic heterocycles. The smallest absolute Gasteiger partial charge is 0.191 e. The fourth-order valence-electron chi connectivity index (χ4n) is 3.86. The molecule has 0 aliphatic carbocycles. The van der Waals surface area contributed by atoms with E-state index in [2.05, 4.69) is 52.8 Å². The summed E-state index contributed by atoms with van der Waals surface area (Å²) in [6, 6.07) is 19.2. The molecule has 0 amide bonds. The molecule has 2 aromatic carbocycles. The maximum atomic E-state index is 5.79. The minimum atomic E-state index is 0.478. The van der Waals surface area contributed by atoms with Crippen molar-refractivity contribution in [2.45, 2.75) is 45.4 Å². The van der Waals surface area contributed by atoms with Crippen LogP contribution in [0.4, 0.5) is 0 Å². The lowest BCUT2D eigenvalue weighted by Gasteiger charge is -2.33. The lowest BCUT2D eigenvalue weighted by atomic mass is 10.0. The van der Waals surface area contributed by atoms with Crippen LogP contribution in [0.2, 0.25) is 0 Å². The third-order valence-corrected chi connectivity index (χ3v) is 5.67. The number of aliphatic imine (C=N–C) groups is 1. The predicted molar refractivity (Wildman–Crippen MR) is 131 cm³/mol. The van der Waals surface area contributed by atoms with E-state index < -0.39 is 0 Å². The highest BCUT2D eigenvalue weighted by Crippen LogP contribution is 2.14. The summed E-state index contributed by atoms with van der Waals surface area (Å²) in [5, 5.41) is 7.01. The van der Waals surface area contributed by atoms with E-state index in [0.717, 1.165) is 69.3 Å². The van der Waals surface area contributed by atoms with E-state index >= 15 is 0 Å². The Morgan fingerprint density at radius 2 is 1.78 bits per heavy atom. The molecule has 0 aromatic heterocycles. The number of methoxy groups -OCH3 is 1. The zero-order valence-corrected chi connectivity index (χ0v) is 19.6. The predicted octanol–water partition coefficient (Wildman–Crippen LogP) is 3.82. The summed E-state index contributed by atoms with van der Waals surface area (Å²) in [6.07, 6.45) is 3.19. The van der Waals surface area contributed by atoms with Gasteiger partial charge >= 0.3 is 0 Å². The second kappa shape index (κ2) is 13.8. The highest BCUT2D eigenvalue weighted by atomic mass is 16.5. The van der Waals surface area contributed by atoms with Crippen LogP contribution in [0.3, 0.4) is 0 Å². The number of likely N-dealkylation sites (tertiary alicyclic amines) is 1. The first-order valence-electron chi connectivity index (χ1n) is 11.8. The maximum Gasteiger partial charge on any atom is 0.191 e. The first-order valence-corrected chi connectivity index (χ1v) is 11.8. The van der Waals surface area contributed by atoms with Crippen molar-refractivity contribution in [2.24, 2.45) is 4.99 Å². The fraction of sp³-hybridized carbons (Fsp3) is 0.500. The Morgan fingerprint density at radius 3 is 2.47 bits per heavy atom. The normalized spacial score (nSPS) is 15.5. The topological polar surface area (TPSA) is 58.1 Å². The SMILES string of the molecule is CCNC(=NCCCOCc1ccc(OC)cc1)NC1CCN(Cc2ccccc2)CC1. The molecular formula is C26H38N4O2. The summed E-state index contributed by atoms with van der Waals surface area (Å²) >= 11 is 0. The Balaban J connectivity index is 1.32. The number of hydrogen-bond donors (Lipinski definition) is 2. The average Bonchev–Trinajstić information content (AvgIpc) is 2.83. The average molecular weight is 439 g/mol. The largest absolute Gasteiger partial charge is 0.497 e. The number of benzene rings is 2. The minimum Gasteiger partial charge on any atom is -0.497 e. The third kappa shape index (κ3) is 8.52. The van der Waals surface area contributed by atoms with Crippen LogP contribution in [-0.2, 0) is 17.9 Å². The standard InChI is InChI=1S/C26H38N4O2/c1-3-27-26(28-16-7-19-32-21-23-10-12-25(31-2)13-11-23)29-24-14-17-30(18-15-24)20-22-8-5-4-6-9-22/h4-6,8-13,24H,3,7,14-21H2,1-2H3,(H2,27,28,29). The van der Waals surface area contributed by atoms with Gasteiger partial charge in [0.1, 0.15) is 5.75 Å². The van der Waals surface area contributed by atoms with Gasteiger partial charge < -0.3 is 20.1 Å². The Kier molecular flexibility index (Phi) is 10.4. The minimum absolute atomic E-state index is 0.478. The van der Waals surface area contributed by atoms with E-state index in [1.165, 1.54) is 5.56 Å². The second-order valence-electron chi connectivity index (χ2n) is 8.20. The second-order valence-corrected chi connectivity index (χ2v) is 8.20. The van der Waals surface area contributed by atoms with E-state index in [1.807, 2.05) is 24.3 Å². The van der Waals surface area contributed by atoms with E-state index in [9.17, 15) is 0 Å². The van der Waals surface area contributed by atoms with Crippen LogP contribution in [0.1, 0.15) is 37.3 Å². The summed E-state index contributed by atoms with van der Waals surface area (Å²) in [5.74, 6) is 1.79. The number of hydrogen-bond acceptors (Lipinski definition) is 4. The number of rotatable bonds is 11. The van der Waals surface area contributed by atoms with Crippen molar-refractivity contribution in [1.82, 2.24) is 15.5 Å². The monoisotopic (exact) mass is 438 g/mol. The van der Waals surface area contributed by atoms with Gasteiger partial charge in [-0.1, -0.05) is 42.5 Å². The quantitative estimate of drug-likeness (QED) is 0.317. The van der Waals surface area contributed by atoms with Gasteiger partial charge in [-0.05, 0) is 49.4 Å². The Bertz CT molecular complexity index is 787. The van der Waals surface area contributed by atoms with Crippen molar-refractivity contribution in [3.8, 4) is 5.75 Å². The highest BCUT2D eigenvalue weighted by Gasteiger charge is 2.19. The molecule has 0 unspecified atom stereocenters. The summed E-state index contributed by atoms with van der Waals surface area (Å²) < 4.78 is 11.0. The molecule has 3 rings (SSSR count). The molecule has 0 spiro atoms. The number of piperidine rings is 1. The van der Waals surface area contributed by atoms with Crippen LogP contribution in [0.15, 0.2) is 59.6 Å². The molecule has 0 radical (unpaired) electrons. The van der Waals surface area contributed by atoms with Crippen LogP contribution in [-0.4, -0.2) is 56.8 Å². The van der Waals surface area contributed by atoms with Crippen molar-refractivity contribution in [1.29, 1.82) is 0 Å². The summed E-state index contributed by atoms with van der Waals surface area (Å²) in [5.41, 5.74) is 2.55. The van der Waals surface area contributed by atoms with Crippen molar-refractivity contribution < 1.29 is 9.47 Å². The lowest BCUT2D eigenvalue weighted by molar-refractivity contribution is 0.120. The van der Waals surface area contributed by atoms with Gasteiger partial charge in [-0.15, -0.1) is 0 Å². The number of guanidine groups is 1. The van der Waals surface area contributed by atoms with Crippen molar-refractivity contribution in [2.75, 3.05) is 39.9 Å². The van der Waals surface area contributed by atoms with Crippen molar-refractivity contribution in [3.05, 3.63) is 65.7 Å². The molecule has 1 heterocycles. The van der Waals surface area contributed by atoms with E-state index in [4.69, 9.17) is 14.5 Å². The van der Waals surface area contributed by atoms with E-state index in [0.29, 0.717) is 19.3 Å². The van der Waals surface area contributed by atoms with Crippen LogP contribution < -0.4 is 15.4 Å². The molecule has 0 bridgehead atoms. The first kappa shape index (κ1) is 24.1. The van der Waals surface area contributed by atoms with E-state index in [1.54, 1.807) is 7.11 Å². The molecule has 6 heteroatoms. The molecule has 32 heavy (non-hydrogen) atoms.